The lowest BCUT2D eigenvalue weighted by atomic mass is 9.82. The summed E-state index contributed by atoms with van der Waals surface area (Å²) >= 11 is 0. The van der Waals surface area contributed by atoms with Crippen LogP contribution in [0.1, 0.15) is 25.0 Å². The van der Waals surface area contributed by atoms with E-state index in [0.717, 1.165) is 49.7 Å². The molecule has 1 aliphatic carbocycles. The van der Waals surface area contributed by atoms with E-state index >= 15 is 4.57 Å². The second-order valence-corrected chi connectivity index (χ2v) is 17.1. The highest BCUT2D eigenvalue weighted by Gasteiger charge is 2.45. The summed E-state index contributed by atoms with van der Waals surface area (Å²) in [5, 5.41) is 2.36. The van der Waals surface area contributed by atoms with E-state index in [-0.39, 0.29) is 5.41 Å². The summed E-state index contributed by atoms with van der Waals surface area (Å²) in [6.07, 6.45) is 0. The van der Waals surface area contributed by atoms with Crippen molar-refractivity contribution < 1.29 is 4.57 Å². The van der Waals surface area contributed by atoms with Gasteiger partial charge in [0.1, 0.15) is 0 Å². The van der Waals surface area contributed by atoms with Crippen molar-refractivity contribution in [2.75, 3.05) is 4.90 Å². The van der Waals surface area contributed by atoms with Gasteiger partial charge in [-0.25, -0.2) is 15.0 Å². The van der Waals surface area contributed by atoms with Crippen LogP contribution in [0.4, 0.5) is 17.1 Å². The molecule has 0 N–H and O–H groups in total. The molecule has 0 radical (unpaired) electrons. The molecule has 0 bridgehead atoms. The normalized spacial score (nSPS) is 16.2. The first kappa shape index (κ1) is 32.2. The molecule has 2 aliphatic rings. The van der Waals surface area contributed by atoms with Gasteiger partial charge in [0.15, 0.2) is 24.6 Å². The van der Waals surface area contributed by atoms with Crippen molar-refractivity contribution in [3.8, 4) is 45.3 Å². The quantitative estimate of drug-likeness (QED) is 0.166. The number of fused-ring (bicyclic) bond motifs is 5. The van der Waals surface area contributed by atoms with Crippen LogP contribution in [0.3, 0.4) is 0 Å². The van der Waals surface area contributed by atoms with Crippen LogP contribution in [0.15, 0.2) is 176 Å². The maximum Gasteiger partial charge on any atom is 0.175 e. The molecule has 1 unspecified atom stereocenters. The zero-order chi connectivity index (χ0) is 36.4. The van der Waals surface area contributed by atoms with Gasteiger partial charge in [0.05, 0.1) is 11.4 Å². The minimum absolute atomic E-state index is 0.269. The van der Waals surface area contributed by atoms with Crippen LogP contribution in [0.2, 0.25) is 0 Å². The maximum absolute atomic E-state index is 16.6. The second kappa shape index (κ2) is 12.3. The van der Waals surface area contributed by atoms with Crippen molar-refractivity contribution in [1.29, 1.82) is 0 Å². The van der Waals surface area contributed by atoms with Crippen molar-refractivity contribution in [3.05, 3.63) is 187 Å². The highest BCUT2D eigenvalue weighted by Crippen LogP contribution is 2.58. The van der Waals surface area contributed by atoms with Gasteiger partial charge < -0.3 is 9.46 Å². The van der Waals surface area contributed by atoms with Crippen LogP contribution < -0.4 is 20.8 Å². The Morgan fingerprint density at radius 3 is 1.61 bits per heavy atom. The Hall–Kier alpha value is -6.42. The third kappa shape index (κ3) is 4.93. The van der Waals surface area contributed by atoms with Crippen molar-refractivity contribution in [2.24, 2.45) is 0 Å². The molecule has 7 aromatic carbocycles. The fourth-order valence-corrected chi connectivity index (χ4v) is 11.3. The van der Waals surface area contributed by atoms with E-state index in [0.29, 0.717) is 17.5 Å². The Labute approximate surface area is 315 Å². The number of hydrogen-bond acceptors (Lipinski definition) is 5. The smallest absolute Gasteiger partial charge is 0.175 e. The molecule has 54 heavy (non-hydrogen) atoms. The number of hydrogen-bond donors (Lipinski definition) is 0. The Balaban J connectivity index is 1.26. The van der Waals surface area contributed by atoms with Crippen LogP contribution in [0.25, 0.3) is 45.3 Å². The molecule has 1 aliphatic heterocycles. The van der Waals surface area contributed by atoms with Gasteiger partial charge in [-0.2, -0.15) is 0 Å². The monoisotopic (exact) mass is 714 g/mol. The number of para-hydroxylation sites is 1. The lowest BCUT2D eigenvalue weighted by molar-refractivity contribution is 0.592. The standard InChI is InChI=1S/C48H35N4OP/c1-48(2)39-26-16-15-25-37(39)38-30-42-44(31-40(38)48)54(53,36-23-13-6-14-24-36)43-29-34(27-28-41(43)52(42)35-21-11-5-12-22-35)47-50-45(32-17-7-3-8-18-32)49-46(51-47)33-19-9-4-10-20-33/h3-31H,1-2H3. The summed E-state index contributed by atoms with van der Waals surface area (Å²) in [6, 6.07) is 59.7. The van der Waals surface area contributed by atoms with Crippen LogP contribution in [-0.4, -0.2) is 15.0 Å². The van der Waals surface area contributed by atoms with Crippen LogP contribution >= 0.6 is 7.14 Å². The van der Waals surface area contributed by atoms with Gasteiger partial charge in [0.25, 0.3) is 0 Å². The lowest BCUT2D eigenvalue weighted by Gasteiger charge is -2.39. The molecule has 258 valence electrons. The average molecular weight is 715 g/mol. The fourth-order valence-electron chi connectivity index (χ4n) is 8.23. The number of rotatable bonds is 5. The van der Waals surface area contributed by atoms with Gasteiger partial charge in [-0.05, 0) is 64.7 Å². The summed E-state index contributed by atoms with van der Waals surface area (Å²) in [5.74, 6) is 1.68. The zero-order valence-corrected chi connectivity index (χ0v) is 30.8. The Morgan fingerprint density at radius 2 is 0.981 bits per heavy atom. The molecule has 0 fully saturated rings. The molecule has 1 aromatic heterocycles. The molecule has 8 aromatic rings. The summed E-state index contributed by atoms with van der Waals surface area (Å²) in [5.41, 5.74) is 9.96. The Kier molecular flexibility index (Phi) is 7.37. The molecule has 5 nitrogen and oxygen atoms in total. The fraction of sp³-hybridized carbons (Fsp3) is 0.0625. The zero-order valence-electron chi connectivity index (χ0n) is 29.9. The van der Waals surface area contributed by atoms with Crippen molar-refractivity contribution in [3.63, 3.8) is 0 Å². The van der Waals surface area contributed by atoms with Gasteiger partial charge in [-0.3, -0.25) is 0 Å². The molecule has 0 amide bonds. The Bertz CT molecular complexity index is 2710. The van der Waals surface area contributed by atoms with E-state index in [1.165, 1.54) is 22.3 Å². The number of nitrogens with zero attached hydrogens (tertiary/aromatic N) is 4. The lowest BCUT2D eigenvalue weighted by Crippen LogP contribution is -2.37. The van der Waals surface area contributed by atoms with Gasteiger partial charge in [0.2, 0.25) is 0 Å². The minimum Gasteiger partial charge on any atom is -0.309 e. The van der Waals surface area contributed by atoms with Crippen molar-refractivity contribution in [1.82, 2.24) is 15.0 Å². The third-order valence-corrected chi connectivity index (χ3v) is 14.0. The third-order valence-electron chi connectivity index (χ3n) is 10.9. The molecule has 0 spiro atoms. The molecule has 10 rings (SSSR count). The van der Waals surface area contributed by atoms with Gasteiger partial charge in [-0.1, -0.05) is 147 Å². The van der Waals surface area contributed by atoms with E-state index in [1.54, 1.807) is 0 Å². The van der Waals surface area contributed by atoms with Crippen molar-refractivity contribution >= 4 is 40.1 Å². The second-order valence-electron chi connectivity index (χ2n) is 14.4. The van der Waals surface area contributed by atoms with E-state index < -0.39 is 7.14 Å². The molecular weight excluding hydrogens is 680 g/mol. The largest absolute Gasteiger partial charge is 0.309 e. The van der Waals surface area contributed by atoms with Crippen LogP contribution in [0.5, 0.6) is 0 Å². The van der Waals surface area contributed by atoms with Crippen LogP contribution in [-0.2, 0) is 9.98 Å². The van der Waals surface area contributed by atoms with Gasteiger partial charge >= 0.3 is 0 Å². The number of benzene rings is 7. The molecular formula is C48H35N4OP. The summed E-state index contributed by atoms with van der Waals surface area (Å²) in [6.45, 7) is 4.55. The summed E-state index contributed by atoms with van der Waals surface area (Å²) < 4.78 is 16.6. The summed E-state index contributed by atoms with van der Waals surface area (Å²) in [4.78, 5) is 17.3. The topological polar surface area (TPSA) is 59.0 Å². The maximum atomic E-state index is 16.6. The van der Waals surface area contributed by atoms with E-state index in [2.05, 4.69) is 97.6 Å². The van der Waals surface area contributed by atoms with Crippen molar-refractivity contribution in [2.45, 2.75) is 19.3 Å². The van der Waals surface area contributed by atoms with Crippen LogP contribution in [0, 0.1) is 0 Å². The predicted octanol–water partition coefficient (Wildman–Crippen LogP) is 10.6. The first-order chi connectivity index (χ1) is 26.4. The van der Waals surface area contributed by atoms with Gasteiger partial charge in [-0.15, -0.1) is 0 Å². The SMILES string of the molecule is CC1(C)c2ccccc2-c2cc3c(cc21)P(=O)(c1ccccc1)c1cc(-c2nc(-c4ccccc4)nc(-c4ccccc4)n2)ccc1N3c1ccccc1. The molecule has 6 heteroatoms. The number of aromatic nitrogens is 3. The summed E-state index contributed by atoms with van der Waals surface area (Å²) in [7, 11) is -3.49. The van der Waals surface area contributed by atoms with E-state index in [9.17, 15) is 0 Å². The predicted molar refractivity (Wildman–Crippen MR) is 221 cm³/mol. The molecule has 1 atom stereocenters. The number of anilines is 3. The average Bonchev–Trinajstić information content (AvgIpc) is 3.46. The molecule has 2 heterocycles. The molecule has 0 saturated heterocycles. The first-order valence-electron chi connectivity index (χ1n) is 18.2. The van der Waals surface area contributed by atoms with Gasteiger partial charge in [0, 0.05) is 43.7 Å². The minimum atomic E-state index is -3.49. The van der Waals surface area contributed by atoms with E-state index in [1.807, 2.05) is 97.1 Å². The van der Waals surface area contributed by atoms with E-state index in [4.69, 9.17) is 15.0 Å². The highest BCUT2D eigenvalue weighted by molar-refractivity contribution is 7.86. The first-order valence-corrected chi connectivity index (χ1v) is 19.9. The Morgan fingerprint density at radius 1 is 0.463 bits per heavy atom. The highest BCUT2D eigenvalue weighted by atomic mass is 31.2. The molecule has 0 saturated carbocycles.